The maximum Gasteiger partial charge on any atom is 0.416 e. The van der Waals surface area contributed by atoms with Crippen molar-refractivity contribution >= 4 is 50.7 Å². The van der Waals surface area contributed by atoms with Crippen molar-refractivity contribution in [3.8, 4) is 0 Å². The van der Waals surface area contributed by atoms with Crippen LogP contribution in [0.4, 0.5) is 18.9 Å². The first kappa shape index (κ1) is 33.8. The van der Waals surface area contributed by atoms with Gasteiger partial charge in [0.2, 0.25) is 11.8 Å². The van der Waals surface area contributed by atoms with Crippen LogP contribution in [0, 0.1) is 0 Å². The molecule has 0 unspecified atom stereocenters. The van der Waals surface area contributed by atoms with E-state index in [1.807, 2.05) is 0 Å². The first-order valence-electron chi connectivity index (χ1n) is 13.5. The number of carbonyl (C=O) groups is 2. The highest BCUT2D eigenvalue weighted by Gasteiger charge is 2.36. The van der Waals surface area contributed by atoms with Gasteiger partial charge in [0.05, 0.1) is 26.2 Å². The molecule has 1 atom stereocenters. The van der Waals surface area contributed by atoms with Crippen molar-refractivity contribution in [3.63, 3.8) is 0 Å². The number of carbonyl (C=O) groups excluding carboxylic acids is 2. The summed E-state index contributed by atoms with van der Waals surface area (Å²) in [6.45, 7) is -1.11. The zero-order valence-corrected chi connectivity index (χ0v) is 26.2. The van der Waals surface area contributed by atoms with Gasteiger partial charge in [-0.25, -0.2) is 8.42 Å². The van der Waals surface area contributed by atoms with Gasteiger partial charge in [-0.2, -0.15) is 13.2 Å². The number of likely N-dealkylation sites (N-methyl/N-ethyl adjacent to an activating group) is 1. The molecule has 4 rings (SSSR count). The molecule has 7 nitrogen and oxygen atoms in total. The lowest BCUT2D eigenvalue weighted by Crippen LogP contribution is -2.53. The molecule has 0 saturated heterocycles. The van der Waals surface area contributed by atoms with Crippen LogP contribution in [0.3, 0.4) is 0 Å². The predicted octanol–water partition coefficient (Wildman–Crippen LogP) is 6.59. The monoisotopic (exact) mass is 677 g/mol. The fourth-order valence-corrected chi connectivity index (χ4v) is 6.39. The number of hydrogen-bond donors (Lipinski definition) is 1. The van der Waals surface area contributed by atoms with Crippen molar-refractivity contribution in [3.05, 3.63) is 130 Å². The quantitative estimate of drug-likeness (QED) is 0.194. The summed E-state index contributed by atoms with van der Waals surface area (Å²) < 4.78 is 69.5. The van der Waals surface area contributed by atoms with Crippen LogP contribution in [0.1, 0.15) is 16.7 Å². The topological polar surface area (TPSA) is 86.8 Å². The minimum absolute atomic E-state index is 0.0581. The van der Waals surface area contributed by atoms with Gasteiger partial charge in [0, 0.05) is 20.0 Å². The largest absolute Gasteiger partial charge is 0.416 e. The number of sulfonamides is 1. The van der Waals surface area contributed by atoms with E-state index in [2.05, 4.69) is 5.32 Å². The molecule has 0 spiro atoms. The molecule has 0 bridgehead atoms. The second-order valence-corrected chi connectivity index (χ2v) is 12.6. The SMILES string of the molecule is CNC(=O)[C@H](Cc1ccccc1)N(Cc1ccc(Cl)c(Cl)c1)C(=O)CN(c1cccc(C(F)(F)F)c1)S(=O)(=O)c1ccccc1. The van der Waals surface area contributed by atoms with Crippen molar-refractivity contribution in [1.82, 2.24) is 10.2 Å². The molecule has 0 saturated carbocycles. The van der Waals surface area contributed by atoms with Gasteiger partial charge in [0.15, 0.2) is 0 Å². The van der Waals surface area contributed by atoms with Gasteiger partial charge in [0.25, 0.3) is 10.0 Å². The Morgan fingerprint density at radius 1 is 0.822 bits per heavy atom. The molecule has 2 amide bonds. The number of halogens is 5. The molecule has 45 heavy (non-hydrogen) atoms. The summed E-state index contributed by atoms with van der Waals surface area (Å²) in [5.74, 6) is -1.38. The zero-order valence-electron chi connectivity index (χ0n) is 23.8. The molecule has 0 aliphatic heterocycles. The summed E-state index contributed by atoms with van der Waals surface area (Å²) in [6.07, 6.45) is -4.72. The lowest BCUT2D eigenvalue weighted by atomic mass is 10.0. The number of amides is 2. The van der Waals surface area contributed by atoms with Crippen LogP contribution in [0.25, 0.3) is 0 Å². The number of anilines is 1. The molecular formula is C32H28Cl2F3N3O4S. The van der Waals surface area contributed by atoms with Crippen LogP contribution >= 0.6 is 23.2 Å². The Bertz CT molecular complexity index is 1760. The third-order valence-corrected chi connectivity index (χ3v) is 9.45. The third kappa shape index (κ3) is 8.36. The molecule has 0 aromatic heterocycles. The Labute approximate surface area is 269 Å². The van der Waals surface area contributed by atoms with E-state index in [0.29, 0.717) is 21.5 Å². The molecule has 0 fully saturated rings. The van der Waals surface area contributed by atoms with Crippen LogP contribution in [0.15, 0.2) is 108 Å². The highest BCUT2D eigenvalue weighted by atomic mass is 35.5. The first-order valence-corrected chi connectivity index (χ1v) is 15.7. The van der Waals surface area contributed by atoms with Crippen molar-refractivity contribution in [2.75, 3.05) is 17.9 Å². The second kappa shape index (κ2) is 14.4. The average Bonchev–Trinajstić information content (AvgIpc) is 3.03. The standard InChI is InChI=1S/C32H28Cl2F3N3O4S/c1-38-31(42)29(18-22-9-4-2-5-10-22)39(20-23-15-16-27(33)28(34)17-23)30(41)21-40(45(43,44)26-13-6-3-7-14-26)25-12-8-11-24(19-25)32(35,36)37/h2-17,19,29H,18,20-21H2,1H3,(H,38,42)/t29-/m0/s1. The fraction of sp³-hybridized carbons (Fsp3) is 0.188. The maximum atomic E-state index is 14.3. The molecule has 4 aromatic carbocycles. The molecule has 236 valence electrons. The van der Waals surface area contributed by atoms with Crippen molar-refractivity contribution in [2.45, 2.75) is 30.1 Å². The van der Waals surface area contributed by atoms with Gasteiger partial charge in [-0.1, -0.05) is 83.9 Å². The third-order valence-electron chi connectivity index (χ3n) is 6.93. The Morgan fingerprint density at radius 3 is 2.07 bits per heavy atom. The van der Waals surface area contributed by atoms with Crippen molar-refractivity contribution < 1.29 is 31.2 Å². The van der Waals surface area contributed by atoms with Gasteiger partial charge >= 0.3 is 6.18 Å². The Hall–Kier alpha value is -4.06. The molecule has 0 aliphatic carbocycles. The molecule has 0 radical (unpaired) electrons. The number of nitrogens with zero attached hydrogens (tertiary/aromatic N) is 2. The van der Waals surface area contributed by atoms with E-state index < -0.39 is 46.2 Å². The highest BCUT2D eigenvalue weighted by Crippen LogP contribution is 2.33. The van der Waals surface area contributed by atoms with Crippen LogP contribution in [0.2, 0.25) is 10.0 Å². The maximum absolute atomic E-state index is 14.3. The summed E-state index contributed by atoms with van der Waals surface area (Å²) >= 11 is 12.3. The van der Waals surface area contributed by atoms with E-state index in [1.54, 1.807) is 42.5 Å². The van der Waals surface area contributed by atoms with Gasteiger partial charge in [-0.3, -0.25) is 13.9 Å². The Morgan fingerprint density at radius 2 is 1.47 bits per heavy atom. The number of hydrogen-bond acceptors (Lipinski definition) is 4. The summed E-state index contributed by atoms with van der Waals surface area (Å²) in [6, 6.07) is 23.1. The van der Waals surface area contributed by atoms with E-state index in [1.165, 1.54) is 54.4 Å². The number of alkyl halides is 3. The van der Waals surface area contributed by atoms with Crippen LogP contribution in [0.5, 0.6) is 0 Å². The molecule has 1 N–H and O–H groups in total. The highest BCUT2D eigenvalue weighted by molar-refractivity contribution is 7.92. The van der Waals surface area contributed by atoms with Crippen molar-refractivity contribution in [1.29, 1.82) is 0 Å². The van der Waals surface area contributed by atoms with Gasteiger partial charge < -0.3 is 10.2 Å². The first-order chi connectivity index (χ1) is 21.3. The van der Waals surface area contributed by atoms with Crippen LogP contribution < -0.4 is 9.62 Å². The Balaban J connectivity index is 1.83. The minimum Gasteiger partial charge on any atom is -0.357 e. The number of rotatable bonds is 11. The second-order valence-electron chi connectivity index (χ2n) is 9.96. The van der Waals surface area contributed by atoms with Crippen molar-refractivity contribution in [2.24, 2.45) is 0 Å². The molecule has 0 aliphatic rings. The molecular weight excluding hydrogens is 650 g/mol. The lowest BCUT2D eigenvalue weighted by Gasteiger charge is -2.33. The minimum atomic E-state index is -4.78. The van der Waals surface area contributed by atoms with E-state index in [4.69, 9.17) is 23.2 Å². The van der Waals surface area contributed by atoms with Gasteiger partial charge in [0.1, 0.15) is 12.6 Å². The van der Waals surface area contributed by atoms with Gasteiger partial charge in [-0.05, 0) is 53.6 Å². The average molecular weight is 679 g/mol. The molecule has 0 heterocycles. The van der Waals surface area contributed by atoms with E-state index in [9.17, 15) is 31.2 Å². The lowest BCUT2D eigenvalue weighted by molar-refractivity contribution is -0.139. The zero-order chi connectivity index (χ0) is 32.8. The smallest absolute Gasteiger partial charge is 0.357 e. The Kier molecular flexibility index (Phi) is 10.8. The van der Waals surface area contributed by atoms with E-state index in [-0.39, 0.29) is 33.6 Å². The van der Waals surface area contributed by atoms with Gasteiger partial charge in [-0.15, -0.1) is 0 Å². The molecule has 4 aromatic rings. The summed E-state index contributed by atoms with van der Waals surface area (Å²) in [5, 5.41) is 3.01. The fourth-order valence-electron chi connectivity index (χ4n) is 4.64. The van der Waals surface area contributed by atoms with Crippen LogP contribution in [-0.2, 0) is 38.8 Å². The number of nitrogens with one attached hydrogen (secondary N) is 1. The van der Waals surface area contributed by atoms with Crippen LogP contribution in [-0.4, -0.2) is 44.8 Å². The predicted molar refractivity (Wildman–Crippen MR) is 167 cm³/mol. The summed E-state index contributed by atoms with van der Waals surface area (Å²) in [5.41, 5.74) is -0.280. The summed E-state index contributed by atoms with van der Waals surface area (Å²) in [7, 11) is -3.16. The number of benzene rings is 4. The molecule has 13 heteroatoms. The summed E-state index contributed by atoms with van der Waals surface area (Å²) in [4.78, 5) is 28.5. The van der Waals surface area contributed by atoms with E-state index >= 15 is 0 Å². The van der Waals surface area contributed by atoms with E-state index in [0.717, 1.165) is 12.1 Å². The normalized spacial score (nSPS) is 12.3.